The summed E-state index contributed by atoms with van der Waals surface area (Å²) < 4.78 is 5.76. The zero-order valence-electron chi connectivity index (χ0n) is 15.7. The number of ether oxygens (including phenoxy) is 1. The molecule has 4 heterocycles. The topological polar surface area (TPSA) is 86.0 Å². The third-order valence-electron chi connectivity index (χ3n) is 5.68. The van der Waals surface area contributed by atoms with E-state index < -0.39 is 0 Å². The van der Waals surface area contributed by atoms with E-state index in [2.05, 4.69) is 38.5 Å². The monoisotopic (exact) mass is 373 g/mol. The summed E-state index contributed by atoms with van der Waals surface area (Å²) in [6, 6.07) is 8.92. The van der Waals surface area contributed by atoms with Gasteiger partial charge in [-0.05, 0) is 66.3 Å². The summed E-state index contributed by atoms with van der Waals surface area (Å²) in [5, 5.41) is 3.64. The van der Waals surface area contributed by atoms with Gasteiger partial charge in [0.15, 0.2) is 0 Å². The highest BCUT2D eigenvalue weighted by molar-refractivity contribution is 5.78. The van der Waals surface area contributed by atoms with Crippen LogP contribution in [0.2, 0.25) is 0 Å². The minimum Gasteiger partial charge on any atom is -0.383 e. The van der Waals surface area contributed by atoms with E-state index in [4.69, 9.17) is 10.5 Å². The first kappa shape index (κ1) is 17.3. The summed E-state index contributed by atoms with van der Waals surface area (Å²) in [4.78, 5) is 12.8. The maximum absolute atomic E-state index is 6.14. The van der Waals surface area contributed by atoms with Gasteiger partial charge >= 0.3 is 0 Å². The molecule has 6 heteroatoms. The second-order valence-electron chi connectivity index (χ2n) is 7.41. The molecule has 1 saturated heterocycles. The predicted octanol–water partition coefficient (Wildman–Crippen LogP) is 3.29. The van der Waals surface area contributed by atoms with Crippen LogP contribution in [0.4, 0.5) is 5.82 Å². The van der Waals surface area contributed by atoms with E-state index in [1.165, 1.54) is 41.4 Å². The van der Waals surface area contributed by atoms with Crippen LogP contribution in [0.1, 0.15) is 35.6 Å². The number of nitrogen functional groups attached to an aromatic ring is 1. The first-order valence-corrected chi connectivity index (χ1v) is 9.79. The number of nitrogens with one attached hydrogen (secondary N) is 1. The third kappa shape index (κ3) is 3.15. The van der Waals surface area contributed by atoms with Gasteiger partial charge in [-0.15, -0.1) is 0 Å². The van der Waals surface area contributed by atoms with Crippen molar-refractivity contribution in [1.82, 2.24) is 20.3 Å². The van der Waals surface area contributed by atoms with E-state index in [1.54, 1.807) is 6.20 Å². The number of aromatic nitrogens is 3. The van der Waals surface area contributed by atoms with Crippen molar-refractivity contribution in [3.63, 3.8) is 0 Å². The van der Waals surface area contributed by atoms with E-state index in [0.717, 1.165) is 36.4 Å². The average Bonchev–Trinajstić information content (AvgIpc) is 3.29. The molecular weight excluding hydrogens is 350 g/mol. The van der Waals surface area contributed by atoms with E-state index in [0.29, 0.717) is 18.5 Å². The first-order valence-electron chi connectivity index (χ1n) is 9.79. The highest BCUT2D eigenvalue weighted by Gasteiger charge is 2.24. The zero-order valence-corrected chi connectivity index (χ0v) is 15.7. The van der Waals surface area contributed by atoms with Gasteiger partial charge < -0.3 is 15.8 Å². The maximum atomic E-state index is 6.14. The fourth-order valence-corrected chi connectivity index (χ4v) is 4.23. The highest BCUT2D eigenvalue weighted by Crippen LogP contribution is 2.36. The van der Waals surface area contributed by atoms with Crippen molar-refractivity contribution in [2.24, 2.45) is 0 Å². The molecule has 6 nitrogen and oxygen atoms in total. The van der Waals surface area contributed by atoms with E-state index in [1.807, 2.05) is 12.3 Å². The fourth-order valence-electron chi connectivity index (χ4n) is 4.23. The molecule has 0 unspecified atom stereocenters. The Hall–Kier alpha value is -2.83. The van der Waals surface area contributed by atoms with Gasteiger partial charge in [-0.3, -0.25) is 0 Å². The summed E-state index contributed by atoms with van der Waals surface area (Å²) >= 11 is 0. The molecule has 142 valence electrons. The van der Waals surface area contributed by atoms with Gasteiger partial charge in [-0.25, -0.2) is 15.0 Å². The van der Waals surface area contributed by atoms with Crippen LogP contribution in [0.25, 0.3) is 22.4 Å². The summed E-state index contributed by atoms with van der Waals surface area (Å²) in [6.07, 6.45) is 8.44. The molecule has 3 N–H and O–H groups in total. The fraction of sp³-hybridized carbons (Fsp3) is 0.318. The smallest absolute Gasteiger partial charge is 0.132 e. The average molecular weight is 373 g/mol. The quantitative estimate of drug-likeness (QED) is 0.733. The largest absolute Gasteiger partial charge is 0.383 e. The van der Waals surface area contributed by atoms with Gasteiger partial charge in [0.05, 0.1) is 18.9 Å². The van der Waals surface area contributed by atoms with Crippen LogP contribution in [0.3, 0.4) is 0 Å². The molecular formula is C22H23N5O. The normalized spacial score (nSPS) is 18.8. The van der Waals surface area contributed by atoms with Crippen molar-refractivity contribution in [2.45, 2.75) is 31.9 Å². The van der Waals surface area contributed by atoms with Gasteiger partial charge in [-0.1, -0.05) is 6.07 Å². The van der Waals surface area contributed by atoms with Crippen molar-refractivity contribution in [2.75, 3.05) is 18.9 Å². The lowest BCUT2D eigenvalue weighted by Gasteiger charge is -2.25. The molecule has 2 aliphatic rings. The molecule has 1 fully saturated rings. The number of nitrogens with zero attached hydrogens (tertiary/aromatic N) is 3. The Labute approximate surface area is 164 Å². The van der Waals surface area contributed by atoms with Crippen LogP contribution >= 0.6 is 0 Å². The molecule has 0 spiro atoms. The predicted molar refractivity (Wildman–Crippen MR) is 108 cm³/mol. The molecule has 2 aliphatic heterocycles. The maximum Gasteiger partial charge on any atom is 0.132 e. The zero-order chi connectivity index (χ0) is 18.9. The van der Waals surface area contributed by atoms with Crippen molar-refractivity contribution >= 4 is 5.82 Å². The molecule has 5 rings (SSSR count). The Balaban J connectivity index is 1.62. The minimum atomic E-state index is 0.401. The SMILES string of the molecule is Nc1ncc(-c2cc3c(c([C@@H]4CCCN4)c2)COCC3)cc1-c1ccncn1. The molecule has 0 radical (unpaired) electrons. The van der Waals surface area contributed by atoms with Crippen molar-refractivity contribution in [1.29, 1.82) is 0 Å². The van der Waals surface area contributed by atoms with Crippen LogP contribution in [-0.4, -0.2) is 28.1 Å². The third-order valence-corrected chi connectivity index (χ3v) is 5.68. The van der Waals surface area contributed by atoms with E-state index in [9.17, 15) is 0 Å². The highest BCUT2D eigenvalue weighted by atomic mass is 16.5. The lowest BCUT2D eigenvalue weighted by atomic mass is 9.88. The van der Waals surface area contributed by atoms with Crippen molar-refractivity contribution < 1.29 is 4.74 Å². The summed E-state index contributed by atoms with van der Waals surface area (Å²) in [7, 11) is 0. The van der Waals surface area contributed by atoms with Crippen molar-refractivity contribution in [3.05, 3.63) is 59.7 Å². The van der Waals surface area contributed by atoms with Gasteiger partial charge in [0.1, 0.15) is 12.1 Å². The van der Waals surface area contributed by atoms with Crippen LogP contribution < -0.4 is 11.1 Å². The van der Waals surface area contributed by atoms with Crippen LogP contribution in [0.15, 0.2) is 43.0 Å². The molecule has 2 aromatic heterocycles. The number of rotatable bonds is 3. The summed E-state index contributed by atoms with van der Waals surface area (Å²) in [5.41, 5.74) is 14.1. The van der Waals surface area contributed by atoms with Gasteiger partial charge in [-0.2, -0.15) is 0 Å². The lowest BCUT2D eigenvalue weighted by Crippen LogP contribution is -2.19. The molecule has 0 saturated carbocycles. The Morgan fingerprint density at radius 3 is 2.93 bits per heavy atom. The van der Waals surface area contributed by atoms with Crippen LogP contribution in [-0.2, 0) is 17.8 Å². The van der Waals surface area contributed by atoms with E-state index >= 15 is 0 Å². The number of hydrogen-bond acceptors (Lipinski definition) is 6. The van der Waals surface area contributed by atoms with Crippen LogP contribution in [0, 0.1) is 0 Å². The molecule has 0 amide bonds. The first-order chi connectivity index (χ1) is 13.8. The standard InChI is InChI=1S/C22H23N5O/c23-22-18(21-3-6-24-13-27-21)10-16(11-26-22)15-8-14-4-7-28-12-19(14)17(9-15)20-2-1-5-25-20/h3,6,8-11,13,20,25H,1-2,4-5,7,12H2,(H2,23,26)/t20-/m0/s1. The molecule has 1 atom stereocenters. The van der Waals surface area contributed by atoms with Crippen LogP contribution in [0.5, 0.6) is 0 Å². The number of hydrogen-bond donors (Lipinski definition) is 2. The summed E-state index contributed by atoms with van der Waals surface area (Å²) in [5.74, 6) is 0.478. The van der Waals surface area contributed by atoms with Gasteiger partial charge in [0, 0.05) is 29.6 Å². The van der Waals surface area contributed by atoms with Gasteiger partial charge in [0.2, 0.25) is 0 Å². The van der Waals surface area contributed by atoms with Crippen molar-refractivity contribution in [3.8, 4) is 22.4 Å². The number of anilines is 1. The molecule has 3 aromatic rings. The van der Waals surface area contributed by atoms with E-state index in [-0.39, 0.29) is 0 Å². The second kappa shape index (κ2) is 7.30. The number of fused-ring (bicyclic) bond motifs is 1. The Bertz CT molecular complexity index is 999. The molecule has 28 heavy (non-hydrogen) atoms. The number of benzene rings is 1. The molecule has 1 aromatic carbocycles. The Morgan fingerprint density at radius 2 is 2.11 bits per heavy atom. The molecule has 0 bridgehead atoms. The number of nitrogens with two attached hydrogens (primary N) is 1. The summed E-state index contributed by atoms with van der Waals surface area (Å²) in [6.45, 7) is 2.56. The molecule has 0 aliphatic carbocycles. The van der Waals surface area contributed by atoms with Gasteiger partial charge in [0.25, 0.3) is 0 Å². The Morgan fingerprint density at radius 1 is 1.14 bits per heavy atom. The Kier molecular flexibility index (Phi) is 4.50. The minimum absolute atomic E-state index is 0.401. The number of pyridine rings is 1. The second-order valence-corrected chi connectivity index (χ2v) is 7.41. The lowest BCUT2D eigenvalue weighted by molar-refractivity contribution is 0.109.